The molecule has 0 spiro atoms. The molecule has 1 aliphatic carbocycles. The van der Waals surface area contributed by atoms with Crippen molar-refractivity contribution in [1.82, 2.24) is 14.9 Å². The zero-order chi connectivity index (χ0) is 25.0. The molecule has 0 unspecified atom stereocenters. The van der Waals surface area contributed by atoms with Gasteiger partial charge in [-0.2, -0.15) is 4.31 Å². The number of halogens is 1. The Hall–Kier alpha value is -2.62. The van der Waals surface area contributed by atoms with Gasteiger partial charge in [-0.25, -0.2) is 8.42 Å². The molecule has 2 fully saturated rings. The largest absolute Gasteiger partial charge is 0.497 e. The highest BCUT2D eigenvalue weighted by Gasteiger charge is 2.40. The van der Waals surface area contributed by atoms with Gasteiger partial charge in [0.25, 0.3) is 5.91 Å². The summed E-state index contributed by atoms with van der Waals surface area (Å²) in [6, 6.07) is 12.2. The molecule has 8 nitrogen and oxygen atoms in total. The number of nitrogens with zero attached hydrogens (tertiary/aromatic N) is 1. The van der Waals surface area contributed by atoms with E-state index in [-0.39, 0.29) is 28.8 Å². The van der Waals surface area contributed by atoms with E-state index in [0.29, 0.717) is 35.7 Å². The lowest BCUT2D eigenvalue weighted by Crippen LogP contribution is -2.50. The maximum absolute atomic E-state index is 13.1. The summed E-state index contributed by atoms with van der Waals surface area (Å²) >= 11 is 5.89. The first-order valence-electron chi connectivity index (χ1n) is 11.8. The third-order valence-electron chi connectivity index (χ3n) is 6.69. The average molecular weight is 520 g/mol. The van der Waals surface area contributed by atoms with E-state index in [1.54, 1.807) is 31.4 Å². The van der Waals surface area contributed by atoms with Crippen LogP contribution < -0.4 is 15.4 Å². The third kappa shape index (κ3) is 5.97. The molecule has 0 aromatic heterocycles. The Morgan fingerprint density at radius 3 is 2.11 bits per heavy atom. The maximum atomic E-state index is 13.1. The van der Waals surface area contributed by atoms with Crippen LogP contribution in [-0.4, -0.2) is 56.3 Å². The molecule has 35 heavy (non-hydrogen) atoms. The lowest BCUT2D eigenvalue weighted by atomic mass is 9.90. The number of ether oxygens (including phenoxy) is 1. The van der Waals surface area contributed by atoms with Gasteiger partial charge in [0, 0.05) is 29.2 Å². The van der Waals surface area contributed by atoms with Crippen LogP contribution in [-0.2, 0) is 14.8 Å². The van der Waals surface area contributed by atoms with Gasteiger partial charge in [-0.1, -0.05) is 11.6 Å². The summed E-state index contributed by atoms with van der Waals surface area (Å²) in [5.74, 6) is 0.305. The molecule has 4 rings (SSSR count). The van der Waals surface area contributed by atoms with Crippen LogP contribution in [0, 0.1) is 0 Å². The summed E-state index contributed by atoms with van der Waals surface area (Å²) in [6.45, 7) is 0.313. The number of carbonyl (C=O) groups excluding carboxylic acids is 2. The fraction of sp³-hybridized carbons (Fsp3) is 0.440. The summed E-state index contributed by atoms with van der Waals surface area (Å²) in [7, 11) is -2.21. The number of hydrogen-bond acceptors (Lipinski definition) is 5. The molecular formula is C25H30ClN3O5S. The highest BCUT2D eigenvalue weighted by molar-refractivity contribution is 7.89. The quantitative estimate of drug-likeness (QED) is 0.583. The second-order valence-corrected chi connectivity index (χ2v) is 11.3. The summed E-state index contributed by atoms with van der Waals surface area (Å²) < 4.78 is 32.6. The van der Waals surface area contributed by atoms with Gasteiger partial charge in [0.2, 0.25) is 15.9 Å². The van der Waals surface area contributed by atoms with Gasteiger partial charge in [-0.15, -0.1) is 0 Å². The van der Waals surface area contributed by atoms with Crippen molar-refractivity contribution in [3.63, 3.8) is 0 Å². The molecule has 1 heterocycles. The van der Waals surface area contributed by atoms with E-state index in [2.05, 4.69) is 10.6 Å². The van der Waals surface area contributed by atoms with Crippen molar-refractivity contribution < 1.29 is 22.7 Å². The van der Waals surface area contributed by atoms with E-state index in [4.69, 9.17) is 16.3 Å². The highest BCUT2D eigenvalue weighted by Crippen LogP contribution is 2.28. The van der Waals surface area contributed by atoms with E-state index in [1.807, 2.05) is 0 Å². The van der Waals surface area contributed by atoms with E-state index in [1.165, 1.54) is 28.6 Å². The summed E-state index contributed by atoms with van der Waals surface area (Å²) in [6.07, 6.45) is 4.04. The van der Waals surface area contributed by atoms with Crippen LogP contribution in [0.1, 0.15) is 48.9 Å². The van der Waals surface area contributed by atoms with E-state index >= 15 is 0 Å². The number of rotatable bonds is 7. The number of benzene rings is 2. The van der Waals surface area contributed by atoms with Crippen molar-refractivity contribution in [2.24, 2.45) is 0 Å². The van der Waals surface area contributed by atoms with Gasteiger partial charge < -0.3 is 15.4 Å². The molecule has 0 radical (unpaired) electrons. The predicted octanol–water partition coefficient (Wildman–Crippen LogP) is 3.36. The van der Waals surface area contributed by atoms with Crippen molar-refractivity contribution in [1.29, 1.82) is 0 Å². The topological polar surface area (TPSA) is 105 Å². The molecule has 2 aromatic carbocycles. The summed E-state index contributed by atoms with van der Waals surface area (Å²) in [4.78, 5) is 25.7. The van der Waals surface area contributed by atoms with Gasteiger partial charge in [0.1, 0.15) is 11.8 Å². The van der Waals surface area contributed by atoms with Gasteiger partial charge in [-0.05, 0) is 87.1 Å². The second-order valence-electron chi connectivity index (χ2n) is 8.99. The molecule has 2 aromatic rings. The fourth-order valence-electron chi connectivity index (χ4n) is 4.72. The standard InChI is InChI=1S/C25H30ClN3O5S/c1-34-21-12-4-17(5-13-21)24(30)27-19-8-10-20(11-9-19)28-25(31)23-3-2-16-29(23)35(32,33)22-14-6-18(26)7-15-22/h4-7,12-15,19-20,23H,2-3,8-11,16H2,1H3,(H,27,30)(H,28,31)/t19?,20?,23-/m1/s1. The minimum atomic E-state index is -3.79. The van der Waals surface area contributed by atoms with Crippen LogP contribution in [0.2, 0.25) is 5.02 Å². The highest BCUT2D eigenvalue weighted by atomic mass is 35.5. The molecule has 188 valence electrons. The first-order valence-corrected chi connectivity index (χ1v) is 13.6. The van der Waals surface area contributed by atoms with E-state index < -0.39 is 16.1 Å². The number of sulfonamides is 1. The Kier molecular flexibility index (Phi) is 7.98. The number of hydrogen-bond donors (Lipinski definition) is 2. The molecule has 2 N–H and O–H groups in total. The maximum Gasteiger partial charge on any atom is 0.251 e. The predicted molar refractivity (Wildman–Crippen MR) is 133 cm³/mol. The van der Waals surface area contributed by atoms with Gasteiger partial charge in [-0.3, -0.25) is 9.59 Å². The van der Waals surface area contributed by atoms with Crippen LogP contribution in [0.15, 0.2) is 53.4 Å². The van der Waals surface area contributed by atoms with Crippen molar-refractivity contribution in [2.75, 3.05) is 13.7 Å². The Balaban J connectivity index is 1.29. The third-order valence-corrected chi connectivity index (χ3v) is 8.86. The minimum Gasteiger partial charge on any atom is -0.497 e. The molecule has 2 amide bonds. The molecule has 0 bridgehead atoms. The van der Waals surface area contributed by atoms with Crippen molar-refractivity contribution >= 4 is 33.4 Å². The van der Waals surface area contributed by atoms with Crippen molar-refractivity contribution in [2.45, 2.75) is 61.5 Å². The Labute approximate surface area is 211 Å². The lowest BCUT2D eigenvalue weighted by molar-refractivity contribution is -0.125. The van der Waals surface area contributed by atoms with Crippen LogP contribution in [0.4, 0.5) is 0 Å². The second kappa shape index (κ2) is 11.0. The Bertz CT molecular complexity index is 1150. The normalized spacial score (nSPS) is 23.0. The van der Waals surface area contributed by atoms with Crippen LogP contribution >= 0.6 is 11.6 Å². The van der Waals surface area contributed by atoms with E-state index in [9.17, 15) is 18.0 Å². The SMILES string of the molecule is COc1ccc(C(=O)NC2CCC(NC(=O)[C@H]3CCCN3S(=O)(=O)c3ccc(Cl)cc3)CC2)cc1. The molecule has 2 aliphatic rings. The first-order chi connectivity index (χ1) is 16.8. The van der Waals surface area contributed by atoms with Crippen LogP contribution in [0.25, 0.3) is 0 Å². The minimum absolute atomic E-state index is 0.0333. The summed E-state index contributed by atoms with van der Waals surface area (Å²) in [5.41, 5.74) is 0.574. The lowest BCUT2D eigenvalue weighted by Gasteiger charge is -2.31. The smallest absolute Gasteiger partial charge is 0.251 e. The van der Waals surface area contributed by atoms with Gasteiger partial charge in [0.15, 0.2) is 0 Å². The molecule has 10 heteroatoms. The molecule has 1 atom stereocenters. The zero-order valence-electron chi connectivity index (χ0n) is 19.6. The van der Waals surface area contributed by atoms with Crippen LogP contribution in [0.5, 0.6) is 5.75 Å². The van der Waals surface area contributed by atoms with Gasteiger partial charge in [0.05, 0.1) is 12.0 Å². The molecular weight excluding hydrogens is 490 g/mol. The zero-order valence-corrected chi connectivity index (χ0v) is 21.1. The number of nitrogens with one attached hydrogen (secondary N) is 2. The Morgan fingerprint density at radius 2 is 1.51 bits per heavy atom. The van der Waals surface area contributed by atoms with E-state index in [0.717, 1.165) is 25.7 Å². The molecule has 1 aliphatic heterocycles. The number of carbonyl (C=O) groups is 2. The fourth-order valence-corrected chi connectivity index (χ4v) is 6.50. The van der Waals surface area contributed by atoms with Crippen LogP contribution in [0.3, 0.4) is 0 Å². The number of methoxy groups -OCH3 is 1. The molecule has 1 saturated heterocycles. The summed E-state index contributed by atoms with van der Waals surface area (Å²) in [5, 5.41) is 6.56. The van der Waals surface area contributed by atoms with Gasteiger partial charge >= 0.3 is 0 Å². The van der Waals surface area contributed by atoms with Crippen molar-refractivity contribution in [3.8, 4) is 5.75 Å². The first kappa shape index (κ1) is 25.5. The average Bonchev–Trinajstić information content (AvgIpc) is 3.37. The number of amides is 2. The monoisotopic (exact) mass is 519 g/mol. The molecule has 1 saturated carbocycles. The van der Waals surface area contributed by atoms with Crippen molar-refractivity contribution in [3.05, 3.63) is 59.1 Å². The Morgan fingerprint density at radius 1 is 0.914 bits per heavy atom.